The van der Waals surface area contributed by atoms with Crippen LogP contribution in [0.2, 0.25) is 0 Å². The smallest absolute Gasteiger partial charge is 0.247 e. The maximum absolute atomic E-state index is 11.6. The Balaban J connectivity index is 0.000000168. The molecule has 0 aliphatic heterocycles. The predicted octanol–water partition coefficient (Wildman–Crippen LogP) is 9.36. The van der Waals surface area contributed by atoms with E-state index in [0.29, 0.717) is 5.69 Å². The minimum atomic E-state index is -0.509. The summed E-state index contributed by atoms with van der Waals surface area (Å²) in [4.78, 5) is 46.5. The number of nitrogens with two attached hydrogens (primary N) is 1. The number of allylic oxidation sites excluding steroid dienone is 1. The molecule has 0 atom stereocenters. The lowest BCUT2D eigenvalue weighted by Crippen LogP contribution is -2.07. The third kappa shape index (κ3) is 9.52. The number of hydrogen-bond donors (Lipinski definition) is 2. The summed E-state index contributed by atoms with van der Waals surface area (Å²) in [5, 5.41) is 4.23. The first-order chi connectivity index (χ1) is 26.8. The van der Waals surface area contributed by atoms with Gasteiger partial charge in [0, 0.05) is 70.5 Å². The molecule has 0 aliphatic carbocycles. The molecule has 0 unspecified atom stereocenters. The lowest BCUT2D eigenvalue weighted by Gasteiger charge is -2.11. The number of carbonyl (C=O) groups is 2. The van der Waals surface area contributed by atoms with Crippen molar-refractivity contribution in [3.05, 3.63) is 172 Å². The van der Waals surface area contributed by atoms with Gasteiger partial charge in [-0.1, -0.05) is 37.4 Å². The normalized spacial score (nSPS) is 10.3. The van der Waals surface area contributed by atoms with Crippen molar-refractivity contribution in [2.45, 2.75) is 0 Å². The Morgan fingerprint density at radius 1 is 0.582 bits per heavy atom. The van der Waals surface area contributed by atoms with Crippen molar-refractivity contribution in [2.24, 2.45) is 0 Å². The third-order valence-electron chi connectivity index (χ3n) is 8.22. The molecule has 0 saturated carbocycles. The first kappa shape index (κ1) is 37.3. The molecule has 4 aromatic carbocycles. The lowest BCUT2D eigenvalue weighted by molar-refractivity contribution is -0.112. The summed E-state index contributed by atoms with van der Waals surface area (Å²) in [6.07, 6.45) is 16.2. The Bertz CT molecular complexity index is 2640. The highest BCUT2D eigenvalue weighted by molar-refractivity contribution is 6.66. The van der Waals surface area contributed by atoms with Crippen LogP contribution in [0.3, 0.4) is 0 Å². The van der Waals surface area contributed by atoms with Gasteiger partial charge >= 0.3 is 0 Å². The number of aromatic nitrogens is 6. The molecular formula is C44H33ClN8O2. The number of hydrogen-bond acceptors (Lipinski definition) is 9. The summed E-state index contributed by atoms with van der Waals surface area (Å²) < 4.78 is 0. The van der Waals surface area contributed by atoms with Crippen LogP contribution in [0.4, 0.5) is 11.4 Å². The molecule has 0 radical (unpaired) electrons. The van der Waals surface area contributed by atoms with Gasteiger partial charge in [-0.15, -0.1) is 0 Å². The summed E-state index contributed by atoms with van der Waals surface area (Å²) in [7, 11) is 0. The number of benzene rings is 4. The molecule has 0 spiro atoms. The molecule has 0 bridgehead atoms. The topological polar surface area (TPSA) is 150 Å². The van der Waals surface area contributed by atoms with Gasteiger partial charge in [-0.3, -0.25) is 19.6 Å². The van der Waals surface area contributed by atoms with E-state index in [0.717, 1.165) is 78.1 Å². The molecule has 3 N–H and O–H groups in total. The van der Waals surface area contributed by atoms with E-state index in [1.807, 2.05) is 79.0 Å². The number of anilines is 2. The Labute approximate surface area is 322 Å². The zero-order valence-electron chi connectivity index (χ0n) is 29.4. The first-order valence-electron chi connectivity index (χ1n) is 16.8. The third-order valence-corrected chi connectivity index (χ3v) is 8.38. The Morgan fingerprint density at radius 3 is 1.55 bits per heavy atom. The maximum atomic E-state index is 11.6. The minimum Gasteiger partial charge on any atom is -0.399 e. The highest BCUT2D eigenvalue weighted by atomic mass is 35.5. The number of nitrogens with one attached hydrogen (secondary N) is 1. The van der Waals surface area contributed by atoms with E-state index in [-0.39, 0.29) is 5.91 Å². The molecule has 0 aliphatic rings. The van der Waals surface area contributed by atoms with Gasteiger partial charge < -0.3 is 11.1 Å². The summed E-state index contributed by atoms with van der Waals surface area (Å²) in [6.45, 7) is 6.57. The van der Waals surface area contributed by atoms with Crippen LogP contribution in [-0.2, 0) is 9.59 Å². The predicted molar refractivity (Wildman–Crippen MR) is 221 cm³/mol. The summed E-state index contributed by atoms with van der Waals surface area (Å²) in [5.41, 5.74) is 17.5. The van der Waals surface area contributed by atoms with Gasteiger partial charge in [-0.05, 0) is 130 Å². The van der Waals surface area contributed by atoms with E-state index in [1.165, 1.54) is 6.08 Å². The second-order valence-electron chi connectivity index (χ2n) is 11.8. The lowest BCUT2D eigenvalue weighted by atomic mass is 9.96. The molecule has 0 saturated heterocycles. The minimum absolute atomic E-state index is 0.245. The number of pyridine rings is 2. The van der Waals surface area contributed by atoms with Gasteiger partial charge in [0.25, 0.3) is 0 Å². The van der Waals surface area contributed by atoms with Gasteiger partial charge in [0.15, 0.2) is 0 Å². The van der Waals surface area contributed by atoms with E-state index in [2.05, 4.69) is 72.6 Å². The van der Waals surface area contributed by atoms with Gasteiger partial charge in [-0.2, -0.15) is 0 Å². The van der Waals surface area contributed by atoms with Crippen LogP contribution in [0, 0.1) is 0 Å². The molecule has 4 aromatic heterocycles. The van der Waals surface area contributed by atoms with Crippen LogP contribution in [0.15, 0.2) is 172 Å². The van der Waals surface area contributed by atoms with E-state index in [9.17, 15) is 9.59 Å². The molecule has 55 heavy (non-hydrogen) atoms. The number of carbonyl (C=O) groups excluding carboxylic acids is 2. The second kappa shape index (κ2) is 17.9. The van der Waals surface area contributed by atoms with Crippen LogP contribution in [-0.4, -0.2) is 41.1 Å². The van der Waals surface area contributed by atoms with Gasteiger partial charge in [-0.25, -0.2) is 19.9 Å². The zero-order chi connectivity index (χ0) is 38.6. The maximum Gasteiger partial charge on any atom is 0.247 e. The van der Waals surface area contributed by atoms with Crippen molar-refractivity contribution in [1.29, 1.82) is 0 Å². The first-order valence-corrected chi connectivity index (χ1v) is 17.2. The molecule has 11 heteroatoms. The molecule has 8 rings (SSSR count). The molecule has 4 heterocycles. The van der Waals surface area contributed by atoms with Gasteiger partial charge in [0.2, 0.25) is 11.1 Å². The van der Waals surface area contributed by atoms with E-state index >= 15 is 0 Å². The number of rotatable bonds is 7. The van der Waals surface area contributed by atoms with Crippen LogP contribution < -0.4 is 11.1 Å². The molecule has 10 nitrogen and oxygen atoms in total. The number of nitrogens with zero attached hydrogens (tertiary/aromatic N) is 6. The molecule has 268 valence electrons. The number of amides is 1. The molecule has 8 aromatic rings. The number of fused-ring (bicyclic) bond motifs is 2. The quantitative estimate of drug-likeness (QED) is 0.0926. The van der Waals surface area contributed by atoms with Crippen LogP contribution >= 0.6 is 11.6 Å². The largest absolute Gasteiger partial charge is 0.399 e. The fourth-order valence-corrected chi connectivity index (χ4v) is 5.73. The van der Waals surface area contributed by atoms with E-state index < -0.39 is 5.24 Å². The van der Waals surface area contributed by atoms with Crippen LogP contribution in [0.25, 0.3) is 66.3 Å². The van der Waals surface area contributed by atoms with Gasteiger partial charge in [0.1, 0.15) is 12.7 Å². The fraction of sp³-hybridized carbons (Fsp3) is 0. The van der Waals surface area contributed by atoms with E-state index in [1.54, 1.807) is 43.6 Å². The van der Waals surface area contributed by atoms with E-state index in [4.69, 9.17) is 17.3 Å². The highest BCUT2D eigenvalue weighted by Crippen LogP contribution is 2.35. The van der Waals surface area contributed by atoms with Crippen LogP contribution in [0.1, 0.15) is 0 Å². The summed E-state index contributed by atoms with van der Waals surface area (Å²) in [6, 6.07) is 31.8. The van der Waals surface area contributed by atoms with Crippen molar-refractivity contribution in [3.63, 3.8) is 0 Å². The second-order valence-corrected chi connectivity index (χ2v) is 12.2. The Hall–Kier alpha value is -7.43. The number of nitrogen functional groups attached to an aromatic ring is 1. The highest BCUT2D eigenvalue weighted by Gasteiger charge is 2.12. The fourth-order valence-electron chi connectivity index (χ4n) is 5.73. The Morgan fingerprint density at radius 2 is 1.07 bits per heavy atom. The average molecular weight is 741 g/mol. The SMILES string of the molecule is C=CC(=O)Cl.C=CC(=O)Nc1cccc(-c2cc(-c3ccncc3)cc3cncnc23)c1.Nc1cccc(-c2cc(-c3ccncc3)cc3cncnc23)c1. The molecule has 1 amide bonds. The van der Waals surface area contributed by atoms with Crippen molar-refractivity contribution in [2.75, 3.05) is 11.1 Å². The van der Waals surface area contributed by atoms with Crippen LogP contribution in [0.5, 0.6) is 0 Å². The van der Waals surface area contributed by atoms with Crippen molar-refractivity contribution in [3.8, 4) is 44.5 Å². The molecular weight excluding hydrogens is 708 g/mol. The zero-order valence-corrected chi connectivity index (χ0v) is 30.1. The Kier molecular flexibility index (Phi) is 12.1. The van der Waals surface area contributed by atoms with Crippen molar-refractivity contribution >= 4 is 55.9 Å². The van der Waals surface area contributed by atoms with Crippen molar-refractivity contribution < 1.29 is 9.59 Å². The summed E-state index contributed by atoms with van der Waals surface area (Å²) >= 11 is 4.71. The monoisotopic (exact) mass is 740 g/mol. The van der Waals surface area contributed by atoms with Gasteiger partial charge in [0.05, 0.1) is 11.0 Å². The average Bonchev–Trinajstić information content (AvgIpc) is 3.24. The standard InChI is InChI=1S/C22H16N4O.C19H14N4.C3H3ClO/c1-2-21(27)26-19-5-3-4-16(11-19)20-12-17(15-6-8-23-9-7-15)10-18-13-24-14-25-22(18)20;20-17-3-1-2-14(9-17)18-10-15(13-4-6-21-7-5-13)8-16-11-22-12-23-19(16)18;1-2-3(4)5/h2-14H,1H2,(H,26,27);1-12H,20H2;2H,1H2. The van der Waals surface area contributed by atoms with Crippen molar-refractivity contribution in [1.82, 2.24) is 29.9 Å². The molecule has 0 fully saturated rings. The summed E-state index contributed by atoms with van der Waals surface area (Å²) in [5.74, 6) is -0.245. The number of halogens is 1.